The molecule has 2 aromatic rings. The quantitative estimate of drug-likeness (QED) is 0.822. The van der Waals surface area contributed by atoms with Crippen molar-refractivity contribution in [2.24, 2.45) is 11.1 Å². The van der Waals surface area contributed by atoms with Crippen LogP contribution in [0.5, 0.6) is 0 Å². The standard InChI is InChI=1S/C14H18N4O3S/c15-22(20,21)8-11-6-14(19)18(7-11)4-3-10-1-2-12-13(5-10)17-9-16-12/h1-2,5,9,11H,3-4,6-8H2,(H,16,17)(H2,15,20,21). The normalized spacial score (nSPS) is 19.2. The van der Waals surface area contributed by atoms with Crippen molar-refractivity contribution in [3.8, 4) is 0 Å². The summed E-state index contributed by atoms with van der Waals surface area (Å²) in [4.78, 5) is 20.9. The fourth-order valence-corrected chi connectivity index (χ4v) is 3.79. The van der Waals surface area contributed by atoms with Gasteiger partial charge in [-0.3, -0.25) is 4.79 Å². The van der Waals surface area contributed by atoms with E-state index in [1.807, 2.05) is 18.2 Å². The average molecular weight is 322 g/mol. The molecule has 2 heterocycles. The van der Waals surface area contributed by atoms with Crippen molar-refractivity contribution in [1.29, 1.82) is 0 Å². The molecule has 7 nitrogen and oxygen atoms in total. The van der Waals surface area contributed by atoms with Crippen molar-refractivity contribution in [1.82, 2.24) is 14.9 Å². The second-order valence-corrected chi connectivity index (χ2v) is 7.40. The highest BCUT2D eigenvalue weighted by Gasteiger charge is 2.31. The van der Waals surface area contributed by atoms with Gasteiger partial charge in [-0.15, -0.1) is 0 Å². The van der Waals surface area contributed by atoms with Gasteiger partial charge in [0.2, 0.25) is 15.9 Å². The van der Waals surface area contributed by atoms with Crippen LogP contribution in [0.1, 0.15) is 12.0 Å². The third kappa shape index (κ3) is 3.45. The Morgan fingerprint density at radius 2 is 2.23 bits per heavy atom. The van der Waals surface area contributed by atoms with E-state index in [4.69, 9.17) is 5.14 Å². The molecule has 1 atom stereocenters. The first-order valence-electron chi connectivity index (χ1n) is 7.11. The Kier molecular flexibility index (Phi) is 3.88. The number of imidazole rings is 1. The highest BCUT2D eigenvalue weighted by molar-refractivity contribution is 7.89. The van der Waals surface area contributed by atoms with E-state index in [0.29, 0.717) is 13.1 Å². The van der Waals surface area contributed by atoms with Crippen LogP contribution >= 0.6 is 0 Å². The number of fused-ring (bicyclic) bond motifs is 1. The number of primary sulfonamides is 1. The number of aromatic nitrogens is 2. The molecule has 1 aromatic carbocycles. The number of nitrogens with two attached hydrogens (primary N) is 1. The Balaban J connectivity index is 1.60. The second kappa shape index (κ2) is 5.69. The number of hydrogen-bond acceptors (Lipinski definition) is 4. The third-order valence-corrected chi connectivity index (χ3v) is 4.85. The first-order valence-corrected chi connectivity index (χ1v) is 8.82. The van der Waals surface area contributed by atoms with Gasteiger partial charge in [0.25, 0.3) is 0 Å². The van der Waals surface area contributed by atoms with Gasteiger partial charge in [0.1, 0.15) is 0 Å². The van der Waals surface area contributed by atoms with Gasteiger partial charge in [-0.1, -0.05) is 6.07 Å². The largest absolute Gasteiger partial charge is 0.345 e. The first kappa shape index (κ1) is 15.0. The molecule has 118 valence electrons. The molecule has 1 amide bonds. The van der Waals surface area contributed by atoms with E-state index in [1.54, 1.807) is 11.2 Å². The minimum Gasteiger partial charge on any atom is -0.345 e. The molecule has 1 saturated heterocycles. The molecule has 0 spiro atoms. The highest BCUT2D eigenvalue weighted by Crippen LogP contribution is 2.20. The molecule has 0 radical (unpaired) electrons. The Morgan fingerprint density at radius 3 is 3.00 bits per heavy atom. The average Bonchev–Trinajstić information content (AvgIpc) is 3.00. The summed E-state index contributed by atoms with van der Waals surface area (Å²) >= 11 is 0. The molecule has 3 rings (SSSR count). The Labute approximate surface area is 128 Å². The number of benzene rings is 1. The molecule has 8 heteroatoms. The molecular formula is C14H18N4O3S. The number of likely N-dealkylation sites (tertiary alicyclic amines) is 1. The van der Waals surface area contributed by atoms with Gasteiger partial charge in [-0.2, -0.15) is 0 Å². The van der Waals surface area contributed by atoms with Crippen LogP contribution in [0.25, 0.3) is 11.0 Å². The molecule has 1 fully saturated rings. The summed E-state index contributed by atoms with van der Waals surface area (Å²) in [7, 11) is -3.53. The predicted molar refractivity (Wildman–Crippen MR) is 82.5 cm³/mol. The van der Waals surface area contributed by atoms with E-state index in [-0.39, 0.29) is 24.0 Å². The number of H-pyrrole nitrogens is 1. The summed E-state index contributed by atoms with van der Waals surface area (Å²) in [5.41, 5.74) is 2.99. The third-order valence-electron chi connectivity index (χ3n) is 3.92. The maximum absolute atomic E-state index is 11.9. The van der Waals surface area contributed by atoms with Crippen LogP contribution in [-0.4, -0.2) is 48.0 Å². The second-order valence-electron chi connectivity index (χ2n) is 5.74. The smallest absolute Gasteiger partial charge is 0.222 e. The minimum absolute atomic E-state index is 0.00346. The molecule has 3 N–H and O–H groups in total. The van der Waals surface area contributed by atoms with E-state index < -0.39 is 10.0 Å². The number of carbonyl (C=O) groups excluding carboxylic acids is 1. The van der Waals surface area contributed by atoms with Crippen molar-refractivity contribution >= 4 is 27.0 Å². The number of amides is 1. The maximum Gasteiger partial charge on any atom is 0.222 e. The molecule has 1 unspecified atom stereocenters. The molecule has 1 aromatic heterocycles. The summed E-state index contributed by atoms with van der Waals surface area (Å²) in [5.74, 6) is -0.330. The van der Waals surface area contributed by atoms with Crippen molar-refractivity contribution in [2.45, 2.75) is 12.8 Å². The maximum atomic E-state index is 11.9. The zero-order valence-electron chi connectivity index (χ0n) is 12.0. The van der Waals surface area contributed by atoms with Crippen LogP contribution in [0, 0.1) is 5.92 Å². The number of nitrogens with zero attached hydrogens (tertiary/aromatic N) is 2. The van der Waals surface area contributed by atoms with Gasteiger partial charge in [-0.05, 0) is 24.1 Å². The monoisotopic (exact) mass is 322 g/mol. The van der Waals surface area contributed by atoms with Crippen LogP contribution < -0.4 is 5.14 Å². The van der Waals surface area contributed by atoms with E-state index in [2.05, 4.69) is 9.97 Å². The number of hydrogen-bond donors (Lipinski definition) is 2. The van der Waals surface area contributed by atoms with Crippen LogP contribution in [0.4, 0.5) is 0 Å². The van der Waals surface area contributed by atoms with E-state index >= 15 is 0 Å². The number of sulfonamides is 1. The zero-order chi connectivity index (χ0) is 15.7. The lowest BCUT2D eigenvalue weighted by atomic mass is 10.1. The summed E-state index contributed by atoms with van der Waals surface area (Å²) in [6.45, 7) is 1.04. The zero-order valence-corrected chi connectivity index (χ0v) is 12.8. The fraction of sp³-hybridized carbons (Fsp3) is 0.429. The predicted octanol–water partition coefficient (Wildman–Crippen LogP) is 0.242. The lowest BCUT2D eigenvalue weighted by Crippen LogP contribution is -2.29. The first-order chi connectivity index (χ1) is 10.4. The van der Waals surface area contributed by atoms with Crippen molar-refractivity contribution in [2.75, 3.05) is 18.8 Å². The van der Waals surface area contributed by atoms with E-state index in [1.165, 1.54) is 0 Å². The van der Waals surface area contributed by atoms with Gasteiger partial charge < -0.3 is 9.88 Å². The van der Waals surface area contributed by atoms with Crippen molar-refractivity contribution in [3.63, 3.8) is 0 Å². The molecule has 0 bridgehead atoms. The van der Waals surface area contributed by atoms with Gasteiger partial charge in [0.15, 0.2) is 0 Å². The topological polar surface area (TPSA) is 109 Å². The Hall–Kier alpha value is -1.93. The van der Waals surface area contributed by atoms with Crippen LogP contribution in [-0.2, 0) is 21.2 Å². The summed E-state index contributed by atoms with van der Waals surface area (Å²) < 4.78 is 22.2. The van der Waals surface area contributed by atoms with E-state index in [9.17, 15) is 13.2 Å². The molecule has 1 aliphatic heterocycles. The Morgan fingerprint density at radius 1 is 1.41 bits per heavy atom. The van der Waals surface area contributed by atoms with Crippen molar-refractivity contribution < 1.29 is 13.2 Å². The fourth-order valence-electron chi connectivity index (χ4n) is 2.91. The minimum atomic E-state index is -3.53. The van der Waals surface area contributed by atoms with Gasteiger partial charge in [-0.25, -0.2) is 18.5 Å². The van der Waals surface area contributed by atoms with Crippen LogP contribution in [0.3, 0.4) is 0 Å². The summed E-state index contributed by atoms with van der Waals surface area (Å²) in [6.07, 6.45) is 2.63. The number of rotatable bonds is 5. The van der Waals surface area contributed by atoms with Crippen LogP contribution in [0.2, 0.25) is 0 Å². The summed E-state index contributed by atoms with van der Waals surface area (Å²) in [6, 6.07) is 5.95. The van der Waals surface area contributed by atoms with Crippen LogP contribution in [0.15, 0.2) is 24.5 Å². The van der Waals surface area contributed by atoms with Crippen molar-refractivity contribution in [3.05, 3.63) is 30.1 Å². The Bertz CT molecular complexity index is 799. The van der Waals surface area contributed by atoms with Gasteiger partial charge in [0.05, 0.1) is 23.1 Å². The lowest BCUT2D eigenvalue weighted by Gasteiger charge is -2.16. The molecule has 1 aliphatic rings. The number of carbonyl (C=O) groups is 1. The SMILES string of the molecule is NS(=O)(=O)CC1CC(=O)N(CCc2ccc3nc[nH]c3c2)C1. The molecule has 22 heavy (non-hydrogen) atoms. The number of nitrogens with one attached hydrogen (secondary N) is 1. The molecule has 0 aliphatic carbocycles. The number of aromatic amines is 1. The van der Waals surface area contributed by atoms with E-state index in [0.717, 1.165) is 23.0 Å². The highest BCUT2D eigenvalue weighted by atomic mass is 32.2. The van der Waals surface area contributed by atoms with Gasteiger partial charge >= 0.3 is 0 Å². The lowest BCUT2D eigenvalue weighted by molar-refractivity contribution is -0.127. The molecular weight excluding hydrogens is 304 g/mol. The molecule has 0 saturated carbocycles. The van der Waals surface area contributed by atoms with Gasteiger partial charge in [0, 0.05) is 25.4 Å². The summed E-state index contributed by atoms with van der Waals surface area (Å²) in [5, 5.41) is 5.05.